The molecule has 0 radical (unpaired) electrons. The molecule has 1 aromatic rings. The van der Waals surface area contributed by atoms with Gasteiger partial charge in [-0.15, -0.1) is 0 Å². The Kier molecular flexibility index (Phi) is 5.15. The maximum Gasteiger partial charge on any atom is 0.151 e. The second-order valence-electron chi connectivity index (χ2n) is 5.09. The lowest BCUT2D eigenvalue weighted by Crippen LogP contribution is -2.39. The first-order valence-electron chi connectivity index (χ1n) is 6.36. The molecule has 1 rings (SSSR count). The minimum Gasteiger partial charge on any atom is -0.360 e. The normalized spacial score (nSPS) is 12.4. The van der Waals surface area contributed by atoms with Crippen molar-refractivity contribution in [3.8, 4) is 0 Å². The highest BCUT2D eigenvalue weighted by Crippen LogP contribution is 2.19. The van der Waals surface area contributed by atoms with Crippen LogP contribution in [0.4, 0.5) is 0 Å². The van der Waals surface area contributed by atoms with Crippen LogP contribution in [0.1, 0.15) is 45.6 Å². The molecule has 0 spiro atoms. The summed E-state index contributed by atoms with van der Waals surface area (Å²) < 4.78 is 5.34. The quantitative estimate of drug-likeness (QED) is 0.793. The maximum atomic E-state index is 5.34. The number of aromatic nitrogens is 1. The average Bonchev–Trinajstić information content (AvgIpc) is 2.74. The van der Waals surface area contributed by atoms with Crippen LogP contribution in [0.25, 0.3) is 0 Å². The first kappa shape index (κ1) is 14.2. The predicted octanol–water partition coefficient (Wildman–Crippen LogP) is 2.40. The highest BCUT2D eigenvalue weighted by Gasteiger charge is 2.22. The molecular weight excluding hydrogens is 214 g/mol. The van der Waals surface area contributed by atoms with Gasteiger partial charge in [0.15, 0.2) is 5.76 Å². The number of hydrogen-bond acceptors (Lipinski definition) is 4. The van der Waals surface area contributed by atoms with Gasteiger partial charge in [-0.3, -0.25) is 4.90 Å². The monoisotopic (exact) mass is 239 g/mol. The highest BCUT2D eigenvalue weighted by molar-refractivity contribution is 5.05. The molecule has 1 N–H and O–H groups in total. The summed E-state index contributed by atoms with van der Waals surface area (Å²) >= 11 is 0. The first-order valence-corrected chi connectivity index (χ1v) is 6.36. The fourth-order valence-electron chi connectivity index (χ4n) is 1.48. The van der Waals surface area contributed by atoms with E-state index in [1.165, 1.54) is 0 Å². The summed E-state index contributed by atoms with van der Waals surface area (Å²) in [5.74, 6) is 0.932. The van der Waals surface area contributed by atoms with Crippen LogP contribution in [0.2, 0.25) is 0 Å². The Morgan fingerprint density at radius 1 is 1.41 bits per heavy atom. The minimum atomic E-state index is 0.189. The van der Waals surface area contributed by atoms with Crippen molar-refractivity contribution < 1.29 is 4.52 Å². The van der Waals surface area contributed by atoms with Crippen LogP contribution in [0.15, 0.2) is 10.6 Å². The van der Waals surface area contributed by atoms with Gasteiger partial charge in [-0.1, -0.05) is 19.0 Å². The van der Waals surface area contributed by atoms with E-state index in [1.807, 2.05) is 6.07 Å². The van der Waals surface area contributed by atoms with Crippen LogP contribution in [0.3, 0.4) is 0 Å². The van der Waals surface area contributed by atoms with Crippen molar-refractivity contribution in [1.29, 1.82) is 0 Å². The summed E-state index contributed by atoms with van der Waals surface area (Å²) in [6.45, 7) is 11.3. The van der Waals surface area contributed by atoms with Crippen molar-refractivity contribution in [3.05, 3.63) is 17.5 Å². The molecule has 98 valence electrons. The van der Waals surface area contributed by atoms with Gasteiger partial charge in [0.25, 0.3) is 0 Å². The second kappa shape index (κ2) is 6.17. The molecule has 0 amide bonds. The zero-order valence-corrected chi connectivity index (χ0v) is 11.7. The van der Waals surface area contributed by atoms with E-state index in [9.17, 15) is 0 Å². The topological polar surface area (TPSA) is 41.3 Å². The van der Waals surface area contributed by atoms with Crippen LogP contribution in [0, 0.1) is 0 Å². The Labute approximate surface area is 104 Å². The van der Waals surface area contributed by atoms with E-state index in [2.05, 4.69) is 50.1 Å². The lowest BCUT2D eigenvalue weighted by Gasteiger charge is -2.33. The molecule has 1 heterocycles. The van der Waals surface area contributed by atoms with Crippen LogP contribution in [-0.4, -0.2) is 29.2 Å². The SMILES string of the molecule is CCNCc1cc(CN(C)C(C)(C)CC)on1. The summed E-state index contributed by atoms with van der Waals surface area (Å²) in [7, 11) is 2.12. The Bertz CT molecular complexity index is 333. The van der Waals surface area contributed by atoms with Crippen LogP contribution in [-0.2, 0) is 13.1 Å². The maximum absolute atomic E-state index is 5.34. The fourth-order valence-corrected chi connectivity index (χ4v) is 1.48. The third-order valence-corrected chi connectivity index (χ3v) is 3.46. The summed E-state index contributed by atoms with van der Waals surface area (Å²) in [4.78, 5) is 2.30. The highest BCUT2D eigenvalue weighted by atomic mass is 16.5. The van der Waals surface area contributed by atoms with Crippen LogP contribution in [0.5, 0.6) is 0 Å². The minimum absolute atomic E-state index is 0.189. The summed E-state index contributed by atoms with van der Waals surface area (Å²) in [5.41, 5.74) is 1.17. The van der Waals surface area contributed by atoms with E-state index in [0.717, 1.165) is 37.5 Å². The van der Waals surface area contributed by atoms with Crippen LogP contribution >= 0.6 is 0 Å². The lowest BCUT2D eigenvalue weighted by atomic mass is 10.00. The van der Waals surface area contributed by atoms with Gasteiger partial charge in [0, 0.05) is 18.2 Å². The Morgan fingerprint density at radius 2 is 2.12 bits per heavy atom. The zero-order valence-electron chi connectivity index (χ0n) is 11.7. The molecule has 0 aliphatic carbocycles. The van der Waals surface area contributed by atoms with E-state index >= 15 is 0 Å². The van der Waals surface area contributed by atoms with E-state index in [0.29, 0.717) is 0 Å². The third kappa shape index (κ3) is 4.13. The molecule has 0 aromatic carbocycles. The van der Waals surface area contributed by atoms with Gasteiger partial charge in [0.1, 0.15) is 0 Å². The predicted molar refractivity (Wildman–Crippen MR) is 69.7 cm³/mol. The molecule has 0 saturated carbocycles. The zero-order chi connectivity index (χ0) is 12.9. The number of hydrogen-bond donors (Lipinski definition) is 1. The number of nitrogens with zero attached hydrogens (tertiary/aromatic N) is 2. The summed E-state index contributed by atoms with van der Waals surface area (Å²) in [5, 5.41) is 7.29. The van der Waals surface area contributed by atoms with Gasteiger partial charge in [0.05, 0.1) is 12.2 Å². The van der Waals surface area contributed by atoms with Crippen LogP contribution < -0.4 is 5.32 Å². The Balaban J connectivity index is 2.54. The first-order chi connectivity index (χ1) is 7.99. The fraction of sp³-hybridized carbons (Fsp3) is 0.769. The molecule has 0 unspecified atom stereocenters. The van der Waals surface area contributed by atoms with Gasteiger partial charge in [-0.05, 0) is 33.9 Å². The van der Waals surface area contributed by atoms with Crippen molar-refractivity contribution in [3.63, 3.8) is 0 Å². The molecule has 17 heavy (non-hydrogen) atoms. The molecule has 0 fully saturated rings. The molecule has 0 bridgehead atoms. The molecule has 1 aromatic heterocycles. The number of rotatable bonds is 7. The third-order valence-electron chi connectivity index (χ3n) is 3.46. The van der Waals surface area contributed by atoms with E-state index in [-0.39, 0.29) is 5.54 Å². The van der Waals surface area contributed by atoms with E-state index in [1.54, 1.807) is 0 Å². The van der Waals surface area contributed by atoms with Crippen molar-refractivity contribution >= 4 is 0 Å². The lowest BCUT2D eigenvalue weighted by molar-refractivity contribution is 0.129. The van der Waals surface area contributed by atoms with Gasteiger partial charge in [0.2, 0.25) is 0 Å². The molecule has 0 saturated heterocycles. The Hall–Kier alpha value is -0.870. The van der Waals surface area contributed by atoms with Crippen molar-refractivity contribution in [2.75, 3.05) is 13.6 Å². The largest absolute Gasteiger partial charge is 0.360 e. The van der Waals surface area contributed by atoms with Gasteiger partial charge in [-0.2, -0.15) is 0 Å². The molecule has 4 nitrogen and oxygen atoms in total. The molecule has 0 aliphatic rings. The second-order valence-corrected chi connectivity index (χ2v) is 5.09. The molecule has 0 aliphatic heterocycles. The van der Waals surface area contributed by atoms with Gasteiger partial charge in [-0.25, -0.2) is 0 Å². The van der Waals surface area contributed by atoms with Gasteiger partial charge < -0.3 is 9.84 Å². The number of nitrogens with one attached hydrogen (secondary N) is 1. The van der Waals surface area contributed by atoms with Crippen molar-refractivity contribution in [2.45, 2.75) is 52.7 Å². The van der Waals surface area contributed by atoms with Gasteiger partial charge >= 0.3 is 0 Å². The van der Waals surface area contributed by atoms with Crippen molar-refractivity contribution in [2.24, 2.45) is 0 Å². The average molecular weight is 239 g/mol. The van der Waals surface area contributed by atoms with E-state index < -0.39 is 0 Å². The molecular formula is C13H25N3O. The molecule has 0 atom stereocenters. The smallest absolute Gasteiger partial charge is 0.151 e. The standard InChI is InChI=1S/C13H25N3O/c1-6-13(3,4)16(5)10-12-8-11(15-17-12)9-14-7-2/h8,14H,6-7,9-10H2,1-5H3. The summed E-state index contributed by atoms with van der Waals surface area (Å²) in [6.07, 6.45) is 1.11. The summed E-state index contributed by atoms with van der Waals surface area (Å²) in [6, 6.07) is 2.03. The molecule has 4 heteroatoms. The van der Waals surface area contributed by atoms with E-state index in [4.69, 9.17) is 4.52 Å². The Morgan fingerprint density at radius 3 is 2.71 bits per heavy atom. The van der Waals surface area contributed by atoms with Crippen molar-refractivity contribution in [1.82, 2.24) is 15.4 Å².